The lowest BCUT2D eigenvalue weighted by Crippen LogP contribution is -2.57. The van der Waals surface area contributed by atoms with E-state index in [1.807, 2.05) is 0 Å². The van der Waals surface area contributed by atoms with Gasteiger partial charge in [0, 0.05) is 22.7 Å². The van der Waals surface area contributed by atoms with Crippen molar-refractivity contribution in [1.82, 2.24) is 4.98 Å². The van der Waals surface area contributed by atoms with Crippen LogP contribution in [0.4, 0.5) is 17.2 Å². The van der Waals surface area contributed by atoms with Gasteiger partial charge in [0.25, 0.3) is 0 Å². The highest BCUT2D eigenvalue weighted by atomic mass is 15.5. The maximum Gasteiger partial charge on any atom is 0.159 e. The number of benzene rings is 2. The number of hydrogen-bond acceptors (Lipinski definition) is 3. The minimum atomic E-state index is 0.0658. The van der Waals surface area contributed by atoms with Crippen LogP contribution in [0, 0.1) is 11.3 Å². The molecule has 4 atom stereocenters. The molecule has 3 unspecified atom stereocenters. The summed E-state index contributed by atoms with van der Waals surface area (Å²) in [5, 5.41) is 0. The monoisotopic (exact) mass is 407 g/mol. The van der Waals surface area contributed by atoms with Crippen LogP contribution < -0.4 is 9.80 Å². The Hall–Kier alpha value is -3.07. The first kappa shape index (κ1) is 18.7. The molecule has 3 nitrogen and oxygen atoms in total. The molecule has 1 aromatic heterocycles. The van der Waals surface area contributed by atoms with Gasteiger partial charge in [0.1, 0.15) is 6.17 Å². The fraction of sp³-hybridized carbons (Fsp3) is 0.321. The summed E-state index contributed by atoms with van der Waals surface area (Å²) in [5.41, 5.74) is 6.23. The number of allylic oxidation sites excluding steroid dienone is 1. The minimum absolute atomic E-state index is 0.0658. The molecule has 0 spiro atoms. The summed E-state index contributed by atoms with van der Waals surface area (Å²) in [7, 11) is 0. The number of pyridine rings is 1. The van der Waals surface area contributed by atoms with Crippen molar-refractivity contribution in [3.05, 3.63) is 84.4 Å². The zero-order chi connectivity index (χ0) is 21.3. The number of para-hydroxylation sites is 1. The van der Waals surface area contributed by atoms with Gasteiger partial charge in [0.15, 0.2) is 5.82 Å². The predicted molar refractivity (Wildman–Crippen MR) is 129 cm³/mol. The molecule has 0 fully saturated rings. The topological polar surface area (TPSA) is 19.4 Å². The maximum absolute atomic E-state index is 5.28. The molecular weight excluding hydrogens is 378 g/mol. The van der Waals surface area contributed by atoms with Crippen molar-refractivity contribution in [2.75, 3.05) is 9.80 Å². The van der Waals surface area contributed by atoms with E-state index in [0.717, 1.165) is 17.1 Å². The minimum Gasteiger partial charge on any atom is -0.345 e. The first-order valence-electron chi connectivity index (χ1n) is 11.4. The van der Waals surface area contributed by atoms with Gasteiger partial charge in [-0.05, 0) is 49.4 Å². The third-order valence-corrected chi connectivity index (χ3v) is 7.66. The Bertz CT molecular complexity index is 1180. The summed E-state index contributed by atoms with van der Waals surface area (Å²) in [6.45, 7) is 9.44. The Balaban J connectivity index is 1.63. The molecule has 0 bridgehead atoms. The molecule has 0 saturated heterocycles. The molecule has 1 aliphatic carbocycles. The average Bonchev–Trinajstić information content (AvgIpc) is 3.11. The summed E-state index contributed by atoms with van der Waals surface area (Å²) in [5.74, 6) is 2.08. The maximum atomic E-state index is 5.28. The molecule has 0 N–H and O–H groups in total. The number of aromatic nitrogens is 1. The zero-order valence-corrected chi connectivity index (χ0v) is 18.7. The quantitative estimate of drug-likeness (QED) is 0.438. The Kier molecular flexibility index (Phi) is 3.89. The van der Waals surface area contributed by atoms with Crippen LogP contribution >= 0.6 is 0 Å². The molecule has 0 saturated carbocycles. The van der Waals surface area contributed by atoms with Crippen molar-refractivity contribution in [3.8, 4) is 11.3 Å². The van der Waals surface area contributed by atoms with Gasteiger partial charge in [-0.15, -0.1) is 0 Å². The molecule has 0 amide bonds. The SMILES string of the molecule is CC1c2ccccc2N2c3nc(-c4ccccc4)ccc3N(C(C)C)[C@@H]2C2(C)C=CC12. The molecular formula is C28H29N3. The molecule has 2 aliphatic heterocycles. The van der Waals surface area contributed by atoms with E-state index in [4.69, 9.17) is 4.98 Å². The third kappa shape index (κ3) is 2.43. The number of nitrogens with zero attached hydrogens (tertiary/aromatic N) is 3. The number of hydrogen-bond donors (Lipinski definition) is 0. The summed E-state index contributed by atoms with van der Waals surface area (Å²) < 4.78 is 0. The van der Waals surface area contributed by atoms with E-state index in [-0.39, 0.29) is 11.6 Å². The van der Waals surface area contributed by atoms with Crippen LogP contribution in [0.2, 0.25) is 0 Å². The highest BCUT2D eigenvalue weighted by molar-refractivity contribution is 5.85. The van der Waals surface area contributed by atoms with E-state index in [2.05, 4.69) is 116 Å². The summed E-state index contributed by atoms with van der Waals surface area (Å²) >= 11 is 0. The van der Waals surface area contributed by atoms with Gasteiger partial charge >= 0.3 is 0 Å². The lowest BCUT2D eigenvalue weighted by Gasteiger charge is -2.51. The van der Waals surface area contributed by atoms with Crippen molar-refractivity contribution >= 4 is 17.2 Å². The smallest absolute Gasteiger partial charge is 0.159 e. The highest BCUT2D eigenvalue weighted by Crippen LogP contribution is 2.61. The second-order valence-corrected chi connectivity index (χ2v) is 9.75. The van der Waals surface area contributed by atoms with Gasteiger partial charge < -0.3 is 9.80 Å². The molecule has 3 aliphatic rings. The van der Waals surface area contributed by atoms with Gasteiger partial charge in [0.2, 0.25) is 0 Å². The Labute approximate surface area is 185 Å². The number of anilines is 3. The summed E-state index contributed by atoms with van der Waals surface area (Å²) in [6.07, 6.45) is 5.09. The van der Waals surface area contributed by atoms with E-state index in [1.54, 1.807) is 0 Å². The van der Waals surface area contributed by atoms with Crippen LogP contribution in [0.5, 0.6) is 0 Å². The van der Waals surface area contributed by atoms with Gasteiger partial charge in [-0.25, -0.2) is 4.98 Å². The van der Waals surface area contributed by atoms with Crippen LogP contribution in [-0.4, -0.2) is 17.2 Å². The predicted octanol–water partition coefficient (Wildman–Crippen LogP) is 6.75. The fourth-order valence-corrected chi connectivity index (χ4v) is 6.11. The Morgan fingerprint density at radius 3 is 2.35 bits per heavy atom. The van der Waals surface area contributed by atoms with Crippen LogP contribution in [-0.2, 0) is 0 Å². The third-order valence-electron chi connectivity index (χ3n) is 7.66. The Morgan fingerprint density at radius 2 is 1.65 bits per heavy atom. The van der Waals surface area contributed by atoms with Crippen LogP contribution in [0.3, 0.4) is 0 Å². The average molecular weight is 408 g/mol. The molecule has 2 aromatic carbocycles. The second kappa shape index (κ2) is 6.46. The molecule has 3 heteroatoms. The second-order valence-electron chi connectivity index (χ2n) is 9.75. The van der Waals surface area contributed by atoms with Crippen molar-refractivity contribution < 1.29 is 0 Å². The van der Waals surface area contributed by atoms with Crippen molar-refractivity contribution in [3.63, 3.8) is 0 Å². The van der Waals surface area contributed by atoms with Crippen molar-refractivity contribution in [2.45, 2.75) is 45.8 Å². The van der Waals surface area contributed by atoms with Gasteiger partial charge in [-0.3, -0.25) is 0 Å². The molecule has 6 rings (SSSR count). The van der Waals surface area contributed by atoms with E-state index in [1.165, 1.54) is 16.9 Å². The molecule has 3 heterocycles. The summed E-state index contributed by atoms with van der Waals surface area (Å²) in [6, 6.07) is 24.3. The van der Waals surface area contributed by atoms with E-state index in [9.17, 15) is 0 Å². The Morgan fingerprint density at radius 1 is 0.903 bits per heavy atom. The first-order chi connectivity index (χ1) is 15.0. The molecule has 156 valence electrons. The van der Waals surface area contributed by atoms with Crippen LogP contribution in [0.15, 0.2) is 78.9 Å². The van der Waals surface area contributed by atoms with Gasteiger partial charge in [-0.1, -0.05) is 74.5 Å². The lowest BCUT2D eigenvalue weighted by molar-refractivity contribution is 0.187. The van der Waals surface area contributed by atoms with Crippen LogP contribution in [0.1, 0.15) is 39.2 Å². The van der Waals surface area contributed by atoms with E-state index >= 15 is 0 Å². The zero-order valence-electron chi connectivity index (χ0n) is 18.7. The van der Waals surface area contributed by atoms with E-state index in [0.29, 0.717) is 17.9 Å². The standard InChI is InChI=1S/C28H29N3/c1-18(2)30-25-15-14-23(20-10-6-5-7-11-20)29-26(25)31-24-13-9-8-12-21(24)19(3)22-16-17-28(22,4)27(30)31/h5-19,22,27H,1-4H3/t19?,22?,27-,28?/m0/s1. The lowest BCUT2D eigenvalue weighted by atomic mass is 9.61. The normalized spacial score (nSPS) is 27.8. The van der Waals surface area contributed by atoms with E-state index < -0.39 is 0 Å². The number of fused-ring (bicyclic) bond motifs is 7. The highest BCUT2D eigenvalue weighted by Gasteiger charge is 2.57. The van der Waals surface area contributed by atoms with Gasteiger partial charge in [-0.2, -0.15) is 0 Å². The largest absolute Gasteiger partial charge is 0.345 e. The van der Waals surface area contributed by atoms with Crippen molar-refractivity contribution in [1.29, 1.82) is 0 Å². The molecule has 3 aromatic rings. The van der Waals surface area contributed by atoms with Crippen molar-refractivity contribution in [2.24, 2.45) is 11.3 Å². The number of rotatable bonds is 2. The summed E-state index contributed by atoms with van der Waals surface area (Å²) in [4.78, 5) is 10.4. The molecule has 0 radical (unpaired) electrons. The van der Waals surface area contributed by atoms with Crippen LogP contribution in [0.25, 0.3) is 11.3 Å². The fourth-order valence-electron chi connectivity index (χ4n) is 6.11. The van der Waals surface area contributed by atoms with Gasteiger partial charge in [0.05, 0.1) is 11.4 Å². The first-order valence-corrected chi connectivity index (χ1v) is 11.4. The molecule has 31 heavy (non-hydrogen) atoms.